The average Bonchev–Trinajstić information content (AvgIpc) is 2.29. The SMILES string of the molecule is Cc1cc(C(=O)N(C)C(C)CO)ccc1Br. The fourth-order valence-electron chi connectivity index (χ4n) is 1.30. The van der Waals surface area contributed by atoms with Gasteiger partial charge in [-0.1, -0.05) is 15.9 Å². The molecule has 0 bridgehead atoms. The minimum atomic E-state index is -0.170. The molecule has 4 heteroatoms. The van der Waals surface area contributed by atoms with Crippen molar-refractivity contribution in [1.82, 2.24) is 4.90 Å². The number of nitrogens with zero attached hydrogens (tertiary/aromatic N) is 1. The van der Waals surface area contributed by atoms with Gasteiger partial charge in [0.2, 0.25) is 0 Å². The van der Waals surface area contributed by atoms with E-state index < -0.39 is 0 Å². The lowest BCUT2D eigenvalue weighted by Gasteiger charge is -2.23. The van der Waals surface area contributed by atoms with Crippen LogP contribution in [0.1, 0.15) is 22.8 Å². The molecule has 0 aromatic heterocycles. The van der Waals surface area contributed by atoms with E-state index in [0.29, 0.717) is 5.56 Å². The van der Waals surface area contributed by atoms with Crippen LogP contribution in [0.5, 0.6) is 0 Å². The molecule has 1 atom stereocenters. The third-order valence-corrected chi connectivity index (χ3v) is 3.54. The highest BCUT2D eigenvalue weighted by molar-refractivity contribution is 9.10. The largest absolute Gasteiger partial charge is 0.394 e. The molecule has 88 valence electrons. The fraction of sp³-hybridized carbons (Fsp3) is 0.417. The maximum atomic E-state index is 12.0. The van der Waals surface area contributed by atoms with Crippen LogP contribution in [0.25, 0.3) is 0 Å². The fourth-order valence-corrected chi connectivity index (χ4v) is 1.55. The first-order valence-electron chi connectivity index (χ1n) is 5.11. The molecule has 16 heavy (non-hydrogen) atoms. The first-order valence-corrected chi connectivity index (χ1v) is 5.90. The Kier molecular flexibility index (Phi) is 4.50. The summed E-state index contributed by atoms with van der Waals surface area (Å²) < 4.78 is 0.988. The lowest BCUT2D eigenvalue weighted by molar-refractivity contribution is 0.0682. The smallest absolute Gasteiger partial charge is 0.253 e. The Bertz CT molecular complexity index is 393. The maximum Gasteiger partial charge on any atom is 0.253 e. The molecule has 1 aromatic carbocycles. The van der Waals surface area contributed by atoms with Crippen molar-refractivity contribution in [3.05, 3.63) is 33.8 Å². The molecule has 1 unspecified atom stereocenters. The average molecular weight is 286 g/mol. The Balaban J connectivity index is 2.92. The lowest BCUT2D eigenvalue weighted by Crippen LogP contribution is -2.37. The second kappa shape index (κ2) is 5.46. The molecule has 0 saturated heterocycles. The summed E-state index contributed by atoms with van der Waals surface area (Å²) in [5, 5.41) is 9.00. The van der Waals surface area contributed by atoms with Crippen LogP contribution in [-0.4, -0.2) is 35.6 Å². The molecule has 1 aromatic rings. The normalized spacial score (nSPS) is 12.3. The van der Waals surface area contributed by atoms with Gasteiger partial charge in [0.05, 0.1) is 12.6 Å². The van der Waals surface area contributed by atoms with E-state index in [0.717, 1.165) is 10.0 Å². The minimum Gasteiger partial charge on any atom is -0.394 e. The molecular weight excluding hydrogens is 270 g/mol. The zero-order valence-corrected chi connectivity index (χ0v) is 11.3. The summed E-state index contributed by atoms with van der Waals surface area (Å²) in [5.41, 5.74) is 1.67. The van der Waals surface area contributed by atoms with E-state index in [1.165, 1.54) is 0 Å². The molecule has 1 N–H and O–H groups in total. The number of aliphatic hydroxyl groups is 1. The van der Waals surface area contributed by atoms with E-state index >= 15 is 0 Å². The van der Waals surface area contributed by atoms with Gasteiger partial charge in [-0.3, -0.25) is 4.79 Å². The van der Waals surface area contributed by atoms with Crippen LogP contribution in [0.4, 0.5) is 0 Å². The summed E-state index contributed by atoms with van der Waals surface area (Å²) in [6, 6.07) is 5.31. The van der Waals surface area contributed by atoms with E-state index in [-0.39, 0.29) is 18.6 Å². The maximum absolute atomic E-state index is 12.0. The quantitative estimate of drug-likeness (QED) is 0.925. The summed E-state index contributed by atoms with van der Waals surface area (Å²) in [6.07, 6.45) is 0. The van der Waals surface area contributed by atoms with Gasteiger partial charge in [-0.2, -0.15) is 0 Å². The van der Waals surface area contributed by atoms with E-state index in [4.69, 9.17) is 5.11 Å². The third-order valence-electron chi connectivity index (χ3n) is 2.65. The van der Waals surface area contributed by atoms with Crippen LogP contribution in [0.2, 0.25) is 0 Å². The van der Waals surface area contributed by atoms with E-state index in [2.05, 4.69) is 15.9 Å². The summed E-state index contributed by atoms with van der Waals surface area (Å²) in [5.74, 6) is -0.0721. The summed E-state index contributed by atoms with van der Waals surface area (Å²) in [6.45, 7) is 3.72. The summed E-state index contributed by atoms with van der Waals surface area (Å²) in [7, 11) is 1.70. The molecule has 0 saturated carbocycles. The summed E-state index contributed by atoms with van der Waals surface area (Å²) >= 11 is 3.39. The first-order chi connectivity index (χ1) is 7.47. The van der Waals surface area contributed by atoms with Crippen LogP contribution in [0.15, 0.2) is 22.7 Å². The Labute approximate surface area is 104 Å². The molecule has 0 aliphatic rings. The van der Waals surface area contributed by atoms with Gasteiger partial charge in [-0.25, -0.2) is 0 Å². The molecule has 0 fully saturated rings. The monoisotopic (exact) mass is 285 g/mol. The standard InChI is InChI=1S/C12H16BrNO2/c1-8-6-10(4-5-11(8)13)12(16)14(3)9(2)7-15/h4-6,9,15H,7H2,1-3H3. The number of rotatable bonds is 3. The zero-order chi connectivity index (χ0) is 12.3. The Hall–Kier alpha value is -0.870. The second-order valence-electron chi connectivity index (χ2n) is 3.91. The van der Waals surface area contributed by atoms with Crippen LogP contribution >= 0.6 is 15.9 Å². The molecule has 0 aliphatic carbocycles. The number of amides is 1. The van der Waals surface area contributed by atoms with Gasteiger partial charge >= 0.3 is 0 Å². The van der Waals surface area contributed by atoms with E-state index in [9.17, 15) is 4.79 Å². The van der Waals surface area contributed by atoms with E-state index in [1.54, 1.807) is 18.0 Å². The van der Waals surface area contributed by atoms with Gasteiger partial charge in [0.15, 0.2) is 0 Å². The molecule has 1 amide bonds. The number of carbonyl (C=O) groups excluding carboxylic acids is 1. The van der Waals surface area contributed by atoms with Gasteiger partial charge in [-0.15, -0.1) is 0 Å². The Morgan fingerprint density at radius 1 is 1.56 bits per heavy atom. The van der Waals surface area contributed by atoms with Crippen molar-refractivity contribution in [3.8, 4) is 0 Å². The van der Waals surface area contributed by atoms with Crippen molar-refractivity contribution in [2.24, 2.45) is 0 Å². The predicted molar refractivity (Wildman–Crippen MR) is 67.5 cm³/mol. The van der Waals surface area contributed by atoms with Crippen molar-refractivity contribution in [1.29, 1.82) is 0 Å². The number of benzene rings is 1. The zero-order valence-electron chi connectivity index (χ0n) is 9.70. The van der Waals surface area contributed by atoms with E-state index in [1.807, 2.05) is 26.0 Å². The minimum absolute atomic E-state index is 0.0300. The van der Waals surface area contributed by atoms with Crippen molar-refractivity contribution < 1.29 is 9.90 Å². The van der Waals surface area contributed by atoms with Crippen molar-refractivity contribution in [2.75, 3.05) is 13.7 Å². The number of hydrogen-bond donors (Lipinski definition) is 1. The highest BCUT2D eigenvalue weighted by Crippen LogP contribution is 2.18. The van der Waals surface area contributed by atoms with Crippen molar-refractivity contribution in [2.45, 2.75) is 19.9 Å². The molecule has 1 rings (SSSR count). The Morgan fingerprint density at radius 2 is 2.19 bits per heavy atom. The second-order valence-corrected chi connectivity index (χ2v) is 4.77. The molecule has 3 nitrogen and oxygen atoms in total. The number of aliphatic hydroxyl groups excluding tert-OH is 1. The molecule has 0 heterocycles. The lowest BCUT2D eigenvalue weighted by atomic mass is 10.1. The predicted octanol–water partition coefficient (Wildman–Crippen LogP) is 2.21. The van der Waals surface area contributed by atoms with Crippen LogP contribution in [0, 0.1) is 6.92 Å². The first kappa shape index (κ1) is 13.2. The van der Waals surface area contributed by atoms with Gasteiger partial charge in [0, 0.05) is 17.1 Å². The van der Waals surface area contributed by atoms with Gasteiger partial charge < -0.3 is 10.0 Å². The number of halogens is 1. The molecule has 0 spiro atoms. The van der Waals surface area contributed by atoms with Crippen molar-refractivity contribution in [3.63, 3.8) is 0 Å². The number of carbonyl (C=O) groups is 1. The topological polar surface area (TPSA) is 40.5 Å². The number of aryl methyl sites for hydroxylation is 1. The van der Waals surface area contributed by atoms with Crippen molar-refractivity contribution >= 4 is 21.8 Å². The number of likely N-dealkylation sites (N-methyl/N-ethyl adjacent to an activating group) is 1. The molecular formula is C12H16BrNO2. The highest BCUT2D eigenvalue weighted by Gasteiger charge is 2.16. The van der Waals surface area contributed by atoms with Gasteiger partial charge in [0.25, 0.3) is 5.91 Å². The third kappa shape index (κ3) is 2.83. The number of hydrogen-bond acceptors (Lipinski definition) is 2. The van der Waals surface area contributed by atoms with Crippen LogP contribution < -0.4 is 0 Å². The molecule has 0 radical (unpaired) electrons. The highest BCUT2D eigenvalue weighted by atomic mass is 79.9. The summed E-state index contributed by atoms with van der Waals surface area (Å²) in [4.78, 5) is 13.6. The van der Waals surface area contributed by atoms with Crippen LogP contribution in [-0.2, 0) is 0 Å². The van der Waals surface area contributed by atoms with Crippen LogP contribution in [0.3, 0.4) is 0 Å². The molecule has 0 aliphatic heterocycles. The van der Waals surface area contributed by atoms with Gasteiger partial charge in [-0.05, 0) is 37.6 Å². The van der Waals surface area contributed by atoms with Gasteiger partial charge in [0.1, 0.15) is 0 Å². The Morgan fingerprint density at radius 3 is 2.69 bits per heavy atom.